The van der Waals surface area contributed by atoms with Crippen molar-refractivity contribution < 1.29 is 9.53 Å². The molecule has 1 fully saturated rings. The van der Waals surface area contributed by atoms with Crippen molar-refractivity contribution in [3.05, 3.63) is 76.0 Å². The maximum atomic E-state index is 13.0. The molecule has 1 heterocycles. The number of benzene rings is 2. The van der Waals surface area contributed by atoms with Crippen molar-refractivity contribution in [1.29, 1.82) is 5.41 Å². The lowest BCUT2D eigenvalue weighted by Gasteiger charge is -2.21. The van der Waals surface area contributed by atoms with Gasteiger partial charge < -0.3 is 10.5 Å². The maximum Gasteiger partial charge on any atom is 0.355 e. The first-order valence-electron chi connectivity index (χ1n) is 11.8. The van der Waals surface area contributed by atoms with Gasteiger partial charge in [0.1, 0.15) is 11.7 Å². The van der Waals surface area contributed by atoms with E-state index in [0.29, 0.717) is 48.1 Å². The summed E-state index contributed by atoms with van der Waals surface area (Å²) in [5.41, 5.74) is 8.12. The van der Waals surface area contributed by atoms with Crippen molar-refractivity contribution >= 4 is 11.8 Å². The van der Waals surface area contributed by atoms with E-state index in [4.69, 9.17) is 15.9 Å². The van der Waals surface area contributed by atoms with Gasteiger partial charge in [0, 0.05) is 12.0 Å². The van der Waals surface area contributed by atoms with Crippen LogP contribution < -0.4 is 11.4 Å². The van der Waals surface area contributed by atoms with E-state index in [1.54, 1.807) is 35.8 Å². The highest BCUT2D eigenvalue weighted by Gasteiger charge is 2.16. The minimum absolute atomic E-state index is 0.0295. The molecule has 4 rings (SSSR count). The van der Waals surface area contributed by atoms with Crippen molar-refractivity contribution in [2.24, 2.45) is 11.7 Å². The van der Waals surface area contributed by atoms with Crippen LogP contribution in [0.4, 0.5) is 0 Å². The molecule has 0 saturated heterocycles. The number of hydrogen-bond donors (Lipinski definition) is 2. The molecule has 0 spiro atoms. The summed E-state index contributed by atoms with van der Waals surface area (Å²) in [7, 11) is 0. The lowest BCUT2D eigenvalue weighted by Crippen LogP contribution is -2.23. The number of carbonyl (C=O) groups is 1. The first-order valence-corrected chi connectivity index (χ1v) is 11.8. The molecular weight excluding hydrogens is 430 g/mol. The molecule has 3 aromatic rings. The quantitative estimate of drug-likeness (QED) is 0.302. The Bertz CT molecular complexity index is 1200. The zero-order chi connectivity index (χ0) is 24.1. The molecule has 8 heteroatoms. The van der Waals surface area contributed by atoms with Gasteiger partial charge in [-0.25, -0.2) is 9.36 Å². The molecule has 0 atom stereocenters. The van der Waals surface area contributed by atoms with E-state index in [0.717, 1.165) is 18.4 Å². The van der Waals surface area contributed by atoms with Crippen LogP contribution in [0.1, 0.15) is 55.5 Å². The van der Waals surface area contributed by atoms with Crippen molar-refractivity contribution in [2.75, 3.05) is 6.61 Å². The smallest absolute Gasteiger partial charge is 0.355 e. The number of aromatic nitrogens is 3. The third-order valence-corrected chi connectivity index (χ3v) is 6.38. The van der Waals surface area contributed by atoms with Crippen molar-refractivity contribution in [3.63, 3.8) is 0 Å². The Balaban J connectivity index is 1.39. The minimum atomic E-state index is -0.285. The number of nitrogen functional groups attached to an aromatic ring is 1. The van der Waals surface area contributed by atoms with E-state index in [1.807, 2.05) is 24.3 Å². The normalized spacial score (nSPS) is 14.1. The molecule has 34 heavy (non-hydrogen) atoms. The van der Waals surface area contributed by atoms with E-state index in [2.05, 4.69) is 5.10 Å². The Morgan fingerprint density at radius 1 is 1.06 bits per heavy atom. The van der Waals surface area contributed by atoms with Crippen molar-refractivity contribution in [1.82, 2.24) is 14.3 Å². The number of aryl methyl sites for hydroxylation is 2. The van der Waals surface area contributed by atoms with Gasteiger partial charge >= 0.3 is 11.7 Å². The molecule has 8 nitrogen and oxygen atoms in total. The lowest BCUT2D eigenvalue weighted by atomic mass is 9.90. The number of rotatable bonds is 8. The average molecular weight is 462 g/mol. The van der Waals surface area contributed by atoms with Gasteiger partial charge in [0.25, 0.3) is 0 Å². The van der Waals surface area contributed by atoms with Gasteiger partial charge in [0.15, 0.2) is 0 Å². The molecule has 0 aliphatic heterocycles. The Kier molecular flexibility index (Phi) is 7.25. The molecule has 2 aromatic carbocycles. The van der Waals surface area contributed by atoms with Gasteiger partial charge in [0.2, 0.25) is 0 Å². The number of nitrogens with zero attached hydrogens (tertiary/aromatic N) is 3. The second kappa shape index (κ2) is 10.5. The molecule has 1 aromatic heterocycles. The van der Waals surface area contributed by atoms with Crippen LogP contribution >= 0.6 is 0 Å². The van der Waals surface area contributed by atoms with Crippen LogP contribution in [0.3, 0.4) is 0 Å². The molecule has 1 aliphatic carbocycles. The standard InChI is InChI=1S/C26H31N5O3/c1-18-29-31(23-14-10-21(11-15-23)25(27)28)26(33)30(18)22-12-7-19(8-13-22)9-16-24(32)34-17-20-5-3-2-4-6-20/h7-8,10-15,20H,2-6,9,16-17H2,1H3,(H3,27,28). The summed E-state index contributed by atoms with van der Waals surface area (Å²) in [5.74, 6) is 0.892. The first kappa shape index (κ1) is 23.5. The lowest BCUT2D eigenvalue weighted by molar-refractivity contribution is -0.145. The summed E-state index contributed by atoms with van der Waals surface area (Å²) in [6.07, 6.45) is 7.03. The molecular formula is C26H31N5O3. The SMILES string of the molecule is Cc1nn(-c2ccc(C(=N)N)cc2)c(=O)n1-c1ccc(CCC(=O)OCC2CCCCC2)cc1. The Morgan fingerprint density at radius 2 is 1.71 bits per heavy atom. The van der Waals surface area contributed by atoms with E-state index in [-0.39, 0.29) is 17.5 Å². The predicted octanol–water partition coefficient (Wildman–Crippen LogP) is 3.67. The summed E-state index contributed by atoms with van der Waals surface area (Å²) in [4.78, 5) is 25.2. The summed E-state index contributed by atoms with van der Waals surface area (Å²) in [6, 6.07) is 14.4. The molecule has 0 amide bonds. The Labute approximate surface area is 198 Å². The van der Waals surface area contributed by atoms with E-state index >= 15 is 0 Å². The Morgan fingerprint density at radius 3 is 2.35 bits per heavy atom. The van der Waals surface area contributed by atoms with Crippen LogP contribution in [0.2, 0.25) is 0 Å². The van der Waals surface area contributed by atoms with Crippen molar-refractivity contribution in [3.8, 4) is 11.4 Å². The summed E-state index contributed by atoms with van der Waals surface area (Å²) in [5, 5.41) is 11.9. The molecule has 0 radical (unpaired) electrons. The number of carbonyl (C=O) groups excluding carboxylic acids is 1. The first-order chi connectivity index (χ1) is 16.4. The second-order valence-electron chi connectivity index (χ2n) is 8.89. The second-order valence-corrected chi connectivity index (χ2v) is 8.89. The predicted molar refractivity (Wildman–Crippen MR) is 131 cm³/mol. The Hall–Kier alpha value is -3.68. The highest BCUT2D eigenvalue weighted by Crippen LogP contribution is 2.24. The monoisotopic (exact) mass is 461 g/mol. The van der Waals surface area contributed by atoms with Crippen LogP contribution in [0.5, 0.6) is 0 Å². The van der Waals surface area contributed by atoms with Gasteiger partial charge in [-0.15, -0.1) is 5.10 Å². The fourth-order valence-corrected chi connectivity index (χ4v) is 4.41. The molecule has 1 aliphatic rings. The van der Waals surface area contributed by atoms with Gasteiger partial charge in [-0.3, -0.25) is 10.2 Å². The number of nitrogens with two attached hydrogens (primary N) is 1. The number of esters is 1. The number of amidine groups is 1. The summed E-state index contributed by atoms with van der Waals surface area (Å²) >= 11 is 0. The van der Waals surface area contributed by atoms with Crippen LogP contribution in [-0.2, 0) is 16.0 Å². The van der Waals surface area contributed by atoms with Gasteiger partial charge in [0.05, 0.1) is 18.0 Å². The summed E-state index contributed by atoms with van der Waals surface area (Å²) < 4.78 is 8.35. The topological polar surface area (TPSA) is 116 Å². The number of hydrogen-bond acceptors (Lipinski definition) is 5. The maximum absolute atomic E-state index is 13.0. The average Bonchev–Trinajstić information content (AvgIpc) is 3.16. The van der Waals surface area contributed by atoms with E-state index in [9.17, 15) is 9.59 Å². The highest BCUT2D eigenvalue weighted by atomic mass is 16.5. The molecule has 3 N–H and O–H groups in total. The molecule has 178 valence electrons. The highest BCUT2D eigenvalue weighted by molar-refractivity contribution is 5.95. The zero-order valence-electron chi connectivity index (χ0n) is 19.5. The van der Waals surface area contributed by atoms with E-state index in [1.165, 1.54) is 23.9 Å². The molecule has 0 bridgehead atoms. The number of ether oxygens (including phenoxy) is 1. The largest absolute Gasteiger partial charge is 0.465 e. The fraction of sp³-hybridized carbons (Fsp3) is 0.385. The van der Waals surface area contributed by atoms with Crippen LogP contribution in [0.25, 0.3) is 11.4 Å². The summed E-state index contributed by atoms with van der Waals surface area (Å²) in [6.45, 7) is 2.32. The van der Waals surface area contributed by atoms with Crippen LogP contribution in [-0.4, -0.2) is 32.8 Å². The molecule has 0 unspecified atom stereocenters. The van der Waals surface area contributed by atoms with Crippen LogP contribution in [0.15, 0.2) is 53.3 Å². The zero-order valence-corrected chi connectivity index (χ0v) is 19.5. The van der Waals surface area contributed by atoms with Gasteiger partial charge in [-0.05, 0) is 74.1 Å². The van der Waals surface area contributed by atoms with E-state index < -0.39 is 0 Å². The van der Waals surface area contributed by atoms with Crippen molar-refractivity contribution in [2.45, 2.75) is 51.9 Å². The third-order valence-electron chi connectivity index (χ3n) is 6.38. The minimum Gasteiger partial charge on any atom is -0.465 e. The third kappa shape index (κ3) is 5.44. The van der Waals surface area contributed by atoms with Gasteiger partial charge in [-0.2, -0.15) is 4.68 Å². The molecule has 1 saturated carbocycles. The van der Waals surface area contributed by atoms with Crippen LogP contribution in [0, 0.1) is 18.3 Å². The fourth-order valence-electron chi connectivity index (χ4n) is 4.41. The number of nitrogens with one attached hydrogen (secondary N) is 1. The van der Waals surface area contributed by atoms with Gasteiger partial charge in [-0.1, -0.05) is 31.4 Å².